The van der Waals surface area contributed by atoms with Crippen LogP contribution >= 0.6 is 11.6 Å². The summed E-state index contributed by atoms with van der Waals surface area (Å²) in [7, 11) is 0. The van der Waals surface area contributed by atoms with Crippen LogP contribution in [0.15, 0.2) is 43.0 Å². The van der Waals surface area contributed by atoms with E-state index in [4.69, 9.17) is 16.3 Å². The van der Waals surface area contributed by atoms with Crippen molar-refractivity contribution in [1.29, 1.82) is 0 Å². The fourth-order valence-corrected chi connectivity index (χ4v) is 3.45. The van der Waals surface area contributed by atoms with Crippen LogP contribution in [0.3, 0.4) is 0 Å². The first-order valence-corrected chi connectivity index (χ1v) is 11.0. The van der Waals surface area contributed by atoms with Gasteiger partial charge in [-0.15, -0.1) is 0 Å². The van der Waals surface area contributed by atoms with Crippen LogP contribution in [0, 0.1) is 0 Å². The van der Waals surface area contributed by atoms with Crippen LogP contribution in [0.2, 0.25) is 5.02 Å². The summed E-state index contributed by atoms with van der Waals surface area (Å²) in [4.78, 5) is 4.15. The molecule has 150 valence electrons. The highest BCUT2D eigenvalue weighted by molar-refractivity contribution is 6.30. The summed E-state index contributed by atoms with van der Waals surface area (Å²) in [5, 5.41) is 0.791. The third kappa shape index (κ3) is 9.97. The van der Waals surface area contributed by atoms with Gasteiger partial charge in [-0.25, -0.2) is 4.98 Å². The molecule has 1 aromatic heterocycles. The second-order valence-corrected chi connectivity index (χ2v) is 7.83. The van der Waals surface area contributed by atoms with Crippen LogP contribution in [0.5, 0.6) is 0 Å². The van der Waals surface area contributed by atoms with Gasteiger partial charge in [0.15, 0.2) is 0 Å². The lowest BCUT2D eigenvalue weighted by Gasteiger charge is -2.19. The minimum Gasteiger partial charge on any atom is -0.376 e. The molecule has 0 saturated carbocycles. The zero-order valence-corrected chi connectivity index (χ0v) is 17.5. The normalized spacial score (nSPS) is 12.4. The Bertz CT molecular complexity index is 583. The number of nitrogens with zero attached hydrogens (tertiary/aromatic N) is 2. The van der Waals surface area contributed by atoms with Gasteiger partial charge in [-0.1, -0.05) is 75.6 Å². The molecule has 0 radical (unpaired) electrons. The van der Waals surface area contributed by atoms with Crippen molar-refractivity contribution in [2.75, 3.05) is 6.61 Å². The summed E-state index contributed by atoms with van der Waals surface area (Å²) < 4.78 is 8.34. The number of benzene rings is 1. The van der Waals surface area contributed by atoms with Gasteiger partial charge in [0.05, 0.1) is 12.4 Å². The van der Waals surface area contributed by atoms with Crippen molar-refractivity contribution < 1.29 is 4.74 Å². The van der Waals surface area contributed by atoms with E-state index >= 15 is 0 Å². The summed E-state index contributed by atoms with van der Waals surface area (Å²) in [6, 6.07) is 8.14. The third-order valence-corrected chi connectivity index (χ3v) is 5.25. The molecule has 0 N–H and O–H groups in total. The number of aromatic nitrogens is 2. The van der Waals surface area contributed by atoms with Crippen molar-refractivity contribution in [3.63, 3.8) is 0 Å². The summed E-state index contributed by atoms with van der Waals surface area (Å²) in [5.74, 6) is 0. The predicted octanol–water partition coefficient (Wildman–Crippen LogP) is 6.70. The van der Waals surface area contributed by atoms with Crippen molar-refractivity contribution in [3.05, 3.63) is 53.6 Å². The monoisotopic (exact) mass is 390 g/mol. The fraction of sp³-hybridized carbons (Fsp3) is 0.609. The Morgan fingerprint density at radius 1 is 1.00 bits per heavy atom. The van der Waals surface area contributed by atoms with Crippen molar-refractivity contribution in [3.8, 4) is 0 Å². The van der Waals surface area contributed by atoms with Gasteiger partial charge in [-0.3, -0.25) is 0 Å². The first kappa shape index (κ1) is 22.0. The van der Waals surface area contributed by atoms with Gasteiger partial charge in [0, 0.05) is 30.6 Å². The van der Waals surface area contributed by atoms with E-state index in [-0.39, 0.29) is 6.10 Å². The van der Waals surface area contributed by atoms with Gasteiger partial charge >= 0.3 is 0 Å². The summed E-state index contributed by atoms with van der Waals surface area (Å²) in [6.45, 7) is 3.99. The summed E-state index contributed by atoms with van der Waals surface area (Å²) >= 11 is 5.98. The third-order valence-electron chi connectivity index (χ3n) is 4.99. The first-order chi connectivity index (χ1) is 13.3. The lowest BCUT2D eigenvalue weighted by molar-refractivity contribution is 0.0336. The van der Waals surface area contributed by atoms with E-state index in [0.29, 0.717) is 0 Å². The second-order valence-electron chi connectivity index (χ2n) is 7.39. The highest BCUT2D eigenvalue weighted by atomic mass is 35.5. The lowest BCUT2D eigenvalue weighted by atomic mass is 10.1. The van der Waals surface area contributed by atoms with Crippen molar-refractivity contribution in [1.82, 2.24) is 9.55 Å². The lowest BCUT2D eigenvalue weighted by Crippen LogP contribution is -2.21. The second kappa shape index (κ2) is 13.8. The Balaban J connectivity index is 1.66. The number of aryl methyl sites for hydroxylation is 1. The molecule has 0 aliphatic carbocycles. The Hall–Kier alpha value is -1.32. The molecule has 2 rings (SSSR count). The van der Waals surface area contributed by atoms with E-state index in [1.807, 2.05) is 30.9 Å². The fourth-order valence-electron chi connectivity index (χ4n) is 3.32. The zero-order chi connectivity index (χ0) is 19.2. The van der Waals surface area contributed by atoms with Gasteiger partial charge < -0.3 is 9.30 Å². The predicted molar refractivity (Wildman–Crippen MR) is 114 cm³/mol. The van der Waals surface area contributed by atoms with Crippen LogP contribution in [0.25, 0.3) is 0 Å². The zero-order valence-electron chi connectivity index (χ0n) is 16.8. The molecule has 2 aromatic rings. The minimum absolute atomic E-state index is 0.222. The quantitative estimate of drug-likeness (QED) is 0.316. The molecule has 0 saturated heterocycles. The van der Waals surface area contributed by atoms with Crippen LogP contribution in [0.4, 0.5) is 0 Å². The van der Waals surface area contributed by atoms with Crippen LogP contribution < -0.4 is 0 Å². The first-order valence-electron chi connectivity index (χ1n) is 10.6. The number of imidazole rings is 1. The molecule has 4 heteroatoms. The summed E-state index contributed by atoms with van der Waals surface area (Å²) in [5.41, 5.74) is 1.31. The van der Waals surface area contributed by atoms with Gasteiger partial charge in [-0.2, -0.15) is 0 Å². The molecule has 0 bridgehead atoms. The Morgan fingerprint density at radius 3 is 2.37 bits per heavy atom. The van der Waals surface area contributed by atoms with Gasteiger partial charge in [-0.05, 0) is 37.0 Å². The average Bonchev–Trinajstić information content (AvgIpc) is 3.19. The molecular formula is C23H35ClN2O. The average molecular weight is 391 g/mol. The summed E-state index contributed by atoms with van der Waals surface area (Å²) in [6.07, 6.45) is 18.6. The maximum atomic E-state index is 6.23. The largest absolute Gasteiger partial charge is 0.376 e. The van der Waals surface area contributed by atoms with E-state index in [0.717, 1.165) is 37.4 Å². The van der Waals surface area contributed by atoms with E-state index in [1.54, 1.807) is 0 Å². The van der Waals surface area contributed by atoms with Gasteiger partial charge in [0.1, 0.15) is 0 Å². The van der Waals surface area contributed by atoms with E-state index in [2.05, 4.69) is 28.6 Å². The highest BCUT2D eigenvalue weighted by Gasteiger charge is 2.10. The highest BCUT2D eigenvalue weighted by Crippen LogP contribution is 2.14. The number of hydrogen-bond donors (Lipinski definition) is 0. The van der Waals surface area contributed by atoms with Gasteiger partial charge in [0.25, 0.3) is 0 Å². The number of unbranched alkanes of at least 4 members (excludes halogenated alkanes) is 7. The van der Waals surface area contributed by atoms with Crippen molar-refractivity contribution in [2.45, 2.75) is 83.8 Å². The standard InChI is InChI=1S/C23H35ClN2O/c1-2-3-4-5-6-7-8-9-18-27-23(19-26-17-16-25-20-26)15-12-21-10-13-22(24)14-11-21/h10-11,13-14,16-17,20,23H,2-9,12,15,18-19H2,1H3. The molecule has 27 heavy (non-hydrogen) atoms. The Kier molecular flexibility index (Phi) is 11.2. The van der Waals surface area contributed by atoms with Crippen LogP contribution in [0.1, 0.15) is 70.3 Å². The minimum atomic E-state index is 0.222. The van der Waals surface area contributed by atoms with Crippen molar-refractivity contribution in [2.24, 2.45) is 0 Å². The number of hydrogen-bond acceptors (Lipinski definition) is 2. The molecule has 0 amide bonds. The Morgan fingerprint density at radius 2 is 1.70 bits per heavy atom. The number of ether oxygens (including phenoxy) is 1. The molecule has 1 unspecified atom stereocenters. The van der Waals surface area contributed by atoms with Crippen molar-refractivity contribution >= 4 is 11.6 Å². The molecule has 1 atom stereocenters. The maximum absolute atomic E-state index is 6.23. The molecule has 0 aliphatic rings. The van der Waals surface area contributed by atoms with E-state index < -0.39 is 0 Å². The molecular weight excluding hydrogens is 356 g/mol. The smallest absolute Gasteiger partial charge is 0.0946 e. The number of rotatable bonds is 15. The van der Waals surface area contributed by atoms with E-state index in [1.165, 1.54) is 50.5 Å². The van der Waals surface area contributed by atoms with Crippen LogP contribution in [-0.2, 0) is 17.7 Å². The Labute approximate surface area is 170 Å². The molecule has 1 aromatic carbocycles. The topological polar surface area (TPSA) is 27.1 Å². The van der Waals surface area contributed by atoms with Gasteiger partial charge in [0.2, 0.25) is 0 Å². The number of halogens is 1. The molecule has 0 fully saturated rings. The molecule has 0 spiro atoms. The SMILES string of the molecule is CCCCCCCCCCOC(CCc1ccc(Cl)cc1)Cn1ccnc1. The molecule has 1 heterocycles. The molecule has 3 nitrogen and oxygen atoms in total. The van der Waals surface area contributed by atoms with Crippen LogP contribution in [-0.4, -0.2) is 22.3 Å². The van der Waals surface area contributed by atoms with E-state index in [9.17, 15) is 0 Å². The molecule has 0 aliphatic heterocycles. The maximum Gasteiger partial charge on any atom is 0.0946 e.